The van der Waals surface area contributed by atoms with Crippen molar-refractivity contribution in [2.45, 2.75) is 19.3 Å². The van der Waals surface area contributed by atoms with Crippen molar-refractivity contribution in [1.82, 2.24) is 4.98 Å². The van der Waals surface area contributed by atoms with Gasteiger partial charge in [-0.15, -0.1) is 11.3 Å². The van der Waals surface area contributed by atoms with Crippen molar-refractivity contribution in [2.24, 2.45) is 0 Å². The Bertz CT molecular complexity index is 999. The number of hydrogen-bond acceptors (Lipinski definition) is 6. The minimum Gasteiger partial charge on any atom is -0.550 e. The number of aromatic nitrogens is 1. The lowest BCUT2D eigenvalue weighted by atomic mass is 10.1. The van der Waals surface area contributed by atoms with E-state index in [2.05, 4.69) is 11.1 Å². The normalized spacial score (nSPS) is 11.4. The van der Waals surface area contributed by atoms with Gasteiger partial charge in [-0.05, 0) is 54.3 Å². The van der Waals surface area contributed by atoms with Crippen LogP contribution in [0.15, 0.2) is 48.5 Å². The number of allylic oxidation sites excluding steroid dienone is 1. The Morgan fingerprint density at radius 2 is 1.96 bits per heavy atom. The molecule has 2 aromatic carbocycles. The molecule has 3 aromatic rings. The molecule has 0 aliphatic carbocycles. The molecule has 0 fully saturated rings. The monoisotopic (exact) mass is 390 g/mol. The fourth-order valence-corrected chi connectivity index (χ4v) is 3.87. The summed E-state index contributed by atoms with van der Waals surface area (Å²) in [5.74, 6) is -1.07. The largest absolute Gasteiger partial charge is 0.550 e. The molecule has 3 rings (SSSR count). The van der Waals surface area contributed by atoms with Gasteiger partial charge in [-0.2, -0.15) is 5.26 Å². The van der Waals surface area contributed by atoms with Crippen LogP contribution in [-0.2, 0) is 4.79 Å². The molecule has 0 aliphatic heterocycles. The molecular formula is C22H20N3O2S-. The SMILES string of the molecule is CN(CCC#N)c1ccc(/C=C(\CCC(=O)[O-])c2nc3ccccc3s2)cc1. The molecule has 6 heteroatoms. The van der Waals surface area contributed by atoms with Gasteiger partial charge in [-0.1, -0.05) is 24.3 Å². The van der Waals surface area contributed by atoms with Crippen LogP contribution < -0.4 is 10.0 Å². The molecule has 1 heterocycles. The van der Waals surface area contributed by atoms with E-state index in [1.54, 1.807) is 11.3 Å². The highest BCUT2D eigenvalue weighted by Crippen LogP contribution is 2.31. The van der Waals surface area contributed by atoms with Crippen molar-refractivity contribution in [3.8, 4) is 6.07 Å². The van der Waals surface area contributed by atoms with Crippen molar-refractivity contribution in [1.29, 1.82) is 5.26 Å². The van der Waals surface area contributed by atoms with Crippen LogP contribution >= 0.6 is 11.3 Å². The first kappa shape index (κ1) is 19.6. The Morgan fingerprint density at radius 1 is 1.21 bits per heavy atom. The number of fused-ring (bicyclic) bond motifs is 1. The third-order valence-electron chi connectivity index (χ3n) is 4.40. The lowest BCUT2D eigenvalue weighted by Crippen LogP contribution is -2.21. The average molecular weight is 390 g/mol. The number of carbonyl (C=O) groups excluding carboxylic acids is 1. The van der Waals surface area contributed by atoms with Crippen LogP contribution in [-0.4, -0.2) is 24.5 Å². The van der Waals surface area contributed by atoms with Gasteiger partial charge in [0.25, 0.3) is 0 Å². The maximum Gasteiger partial charge on any atom is 0.120 e. The quantitative estimate of drug-likeness (QED) is 0.586. The number of thiazole rings is 1. The van der Waals surface area contributed by atoms with Crippen molar-refractivity contribution < 1.29 is 9.90 Å². The fourth-order valence-electron chi connectivity index (χ4n) is 2.86. The molecule has 0 amide bonds. The number of nitriles is 1. The number of hydrogen-bond donors (Lipinski definition) is 0. The summed E-state index contributed by atoms with van der Waals surface area (Å²) in [6.45, 7) is 0.675. The lowest BCUT2D eigenvalue weighted by molar-refractivity contribution is -0.305. The number of nitrogens with zero attached hydrogens (tertiary/aromatic N) is 3. The van der Waals surface area contributed by atoms with Gasteiger partial charge in [0, 0.05) is 25.2 Å². The predicted molar refractivity (Wildman–Crippen MR) is 112 cm³/mol. The highest BCUT2D eigenvalue weighted by molar-refractivity contribution is 7.19. The van der Waals surface area contributed by atoms with Gasteiger partial charge in [0.15, 0.2) is 0 Å². The summed E-state index contributed by atoms with van der Waals surface area (Å²) in [4.78, 5) is 17.7. The molecule has 0 aliphatic rings. The maximum absolute atomic E-state index is 11.0. The van der Waals surface area contributed by atoms with Gasteiger partial charge >= 0.3 is 0 Å². The van der Waals surface area contributed by atoms with E-state index >= 15 is 0 Å². The highest BCUT2D eigenvalue weighted by Gasteiger charge is 2.10. The van der Waals surface area contributed by atoms with E-state index < -0.39 is 5.97 Å². The number of rotatable bonds is 8. The molecule has 0 bridgehead atoms. The number of aliphatic carboxylic acids is 1. The first-order valence-electron chi connectivity index (χ1n) is 9.01. The molecule has 0 saturated heterocycles. The Labute approximate surface area is 168 Å². The van der Waals surface area contributed by atoms with Crippen LogP contribution in [0.25, 0.3) is 21.9 Å². The Kier molecular flexibility index (Phi) is 6.41. The molecule has 0 radical (unpaired) electrons. The van der Waals surface area contributed by atoms with Gasteiger partial charge in [0.1, 0.15) is 5.01 Å². The van der Waals surface area contributed by atoms with Crippen molar-refractivity contribution >= 4 is 44.9 Å². The zero-order valence-electron chi connectivity index (χ0n) is 15.6. The summed E-state index contributed by atoms with van der Waals surface area (Å²) in [6.07, 6.45) is 2.78. The van der Waals surface area contributed by atoms with E-state index in [0.717, 1.165) is 32.0 Å². The van der Waals surface area contributed by atoms with Crippen molar-refractivity contribution in [3.63, 3.8) is 0 Å². The van der Waals surface area contributed by atoms with E-state index in [1.807, 2.05) is 66.6 Å². The molecule has 1 aromatic heterocycles. The van der Waals surface area contributed by atoms with E-state index in [1.165, 1.54) is 0 Å². The van der Waals surface area contributed by atoms with Crippen LogP contribution in [0.4, 0.5) is 5.69 Å². The second-order valence-corrected chi connectivity index (χ2v) is 7.48. The molecule has 0 N–H and O–H groups in total. The van der Waals surface area contributed by atoms with Crippen LogP contribution in [0.3, 0.4) is 0 Å². The van der Waals surface area contributed by atoms with E-state index in [4.69, 9.17) is 5.26 Å². The first-order valence-corrected chi connectivity index (χ1v) is 9.83. The minimum absolute atomic E-state index is 0.0449. The lowest BCUT2D eigenvalue weighted by Gasteiger charge is -2.17. The molecule has 5 nitrogen and oxygen atoms in total. The number of anilines is 1. The van der Waals surface area contributed by atoms with Gasteiger partial charge in [0.05, 0.1) is 22.7 Å². The minimum atomic E-state index is -1.07. The van der Waals surface area contributed by atoms with Crippen molar-refractivity contribution in [3.05, 3.63) is 59.1 Å². The Hall–Kier alpha value is -3.17. The van der Waals surface area contributed by atoms with Gasteiger partial charge < -0.3 is 14.8 Å². The maximum atomic E-state index is 11.0. The zero-order valence-corrected chi connectivity index (χ0v) is 16.4. The summed E-state index contributed by atoms with van der Waals surface area (Å²) in [7, 11) is 1.95. The van der Waals surface area contributed by atoms with Crippen LogP contribution in [0.2, 0.25) is 0 Å². The second-order valence-electron chi connectivity index (χ2n) is 6.45. The van der Waals surface area contributed by atoms with Gasteiger partial charge in [-0.25, -0.2) is 4.98 Å². The highest BCUT2D eigenvalue weighted by atomic mass is 32.1. The van der Waals surface area contributed by atoms with Crippen LogP contribution in [0.1, 0.15) is 29.8 Å². The Balaban J connectivity index is 1.88. The van der Waals surface area contributed by atoms with Crippen LogP contribution in [0.5, 0.6) is 0 Å². The Morgan fingerprint density at radius 3 is 2.64 bits per heavy atom. The summed E-state index contributed by atoms with van der Waals surface area (Å²) >= 11 is 1.56. The summed E-state index contributed by atoms with van der Waals surface area (Å²) in [6, 6.07) is 18.0. The van der Waals surface area contributed by atoms with Crippen molar-refractivity contribution in [2.75, 3.05) is 18.5 Å². The summed E-state index contributed by atoms with van der Waals surface area (Å²) in [5, 5.41) is 20.5. The summed E-state index contributed by atoms with van der Waals surface area (Å²) < 4.78 is 1.08. The second kappa shape index (κ2) is 9.16. The molecule has 0 spiro atoms. The molecule has 0 atom stereocenters. The fraction of sp³-hybridized carbons (Fsp3) is 0.227. The van der Waals surface area contributed by atoms with E-state index in [9.17, 15) is 9.90 Å². The van der Waals surface area contributed by atoms with E-state index in [-0.39, 0.29) is 6.42 Å². The first-order chi connectivity index (χ1) is 13.6. The predicted octanol–water partition coefficient (Wildman–Crippen LogP) is 3.72. The smallest absolute Gasteiger partial charge is 0.120 e. The number of para-hydroxylation sites is 1. The third kappa shape index (κ3) is 4.96. The molecular weight excluding hydrogens is 370 g/mol. The number of carboxylic acid groups (broad SMARTS) is 1. The number of carbonyl (C=O) groups is 1. The summed E-state index contributed by atoms with van der Waals surface area (Å²) in [5.41, 5.74) is 3.81. The topological polar surface area (TPSA) is 80.0 Å². The number of benzene rings is 2. The zero-order chi connectivity index (χ0) is 19.9. The van der Waals surface area contributed by atoms with E-state index in [0.29, 0.717) is 19.4 Å². The van der Waals surface area contributed by atoms with Gasteiger partial charge in [-0.3, -0.25) is 0 Å². The molecule has 0 unspecified atom stereocenters. The molecule has 0 saturated carbocycles. The standard InChI is InChI=1S/C22H21N3O2S/c1-25(14-4-13-23)18-10-7-16(8-11-18)15-17(9-12-21(26)27)22-24-19-5-2-3-6-20(19)28-22/h2-3,5-8,10-11,15H,4,9,12,14H2,1H3,(H,26,27)/p-1/b17-15+. The molecule has 142 valence electrons. The van der Waals surface area contributed by atoms with Crippen LogP contribution in [0, 0.1) is 11.3 Å². The third-order valence-corrected chi connectivity index (χ3v) is 5.51. The van der Waals surface area contributed by atoms with Gasteiger partial charge in [0.2, 0.25) is 0 Å². The number of carboxylic acids is 1. The average Bonchev–Trinajstić information content (AvgIpc) is 3.13. The molecule has 28 heavy (non-hydrogen) atoms.